The maximum absolute atomic E-state index is 12.3. The van der Waals surface area contributed by atoms with Gasteiger partial charge in [-0.1, -0.05) is 24.3 Å². The summed E-state index contributed by atoms with van der Waals surface area (Å²) >= 11 is 0. The van der Waals surface area contributed by atoms with E-state index in [1.54, 1.807) is 24.3 Å². The number of carbonyl (C=O) groups excluding carboxylic acids is 2. The van der Waals surface area contributed by atoms with E-state index in [1.165, 1.54) is 4.90 Å². The molecule has 2 aliphatic rings. The summed E-state index contributed by atoms with van der Waals surface area (Å²) in [7, 11) is 0. The predicted octanol–water partition coefficient (Wildman–Crippen LogP) is 3.08. The molecule has 0 saturated carbocycles. The summed E-state index contributed by atoms with van der Waals surface area (Å²) in [6, 6.07) is 12.7. The van der Waals surface area contributed by atoms with Crippen LogP contribution in [0, 0.1) is 0 Å². The fourth-order valence-corrected chi connectivity index (χ4v) is 3.39. The van der Waals surface area contributed by atoms with Crippen molar-refractivity contribution in [1.29, 1.82) is 0 Å². The third-order valence-corrected chi connectivity index (χ3v) is 4.51. The molecule has 25 heavy (non-hydrogen) atoms. The fourth-order valence-electron chi connectivity index (χ4n) is 3.39. The van der Waals surface area contributed by atoms with E-state index in [-0.39, 0.29) is 30.6 Å². The molecule has 0 radical (unpaired) electrons. The molecule has 2 aromatic rings. The molecule has 0 N–H and O–H groups in total. The standard InChI is InChI=1S/C20H19NO4/c1-20(2)12-13-6-5-9-16(17(13)25-20)24-11-10-21-18(22)14-7-3-4-8-15(14)19(21)23/h3-9H,10-12H2,1-2H3. The van der Waals surface area contributed by atoms with Crippen LogP contribution in [0.5, 0.6) is 11.5 Å². The number of carbonyl (C=O) groups is 2. The van der Waals surface area contributed by atoms with Crippen LogP contribution in [0.2, 0.25) is 0 Å². The average molecular weight is 337 g/mol. The highest BCUT2D eigenvalue weighted by molar-refractivity contribution is 6.21. The molecule has 5 heteroatoms. The first kappa shape index (κ1) is 15.7. The molecule has 0 saturated heterocycles. The molecule has 2 amide bonds. The molecular formula is C20H19NO4. The molecule has 4 rings (SSSR count). The van der Waals surface area contributed by atoms with Gasteiger partial charge in [0.1, 0.15) is 12.2 Å². The summed E-state index contributed by atoms with van der Waals surface area (Å²) in [5, 5.41) is 0. The Kier molecular flexibility index (Phi) is 3.53. The second-order valence-electron chi connectivity index (χ2n) is 6.94. The van der Waals surface area contributed by atoms with Crippen LogP contribution in [0.4, 0.5) is 0 Å². The number of hydrogen-bond donors (Lipinski definition) is 0. The molecule has 2 aliphatic heterocycles. The Balaban J connectivity index is 1.44. The summed E-state index contributed by atoms with van der Waals surface area (Å²) in [6.07, 6.45) is 0.831. The molecule has 2 heterocycles. The number of hydrogen-bond acceptors (Lipinski definition) is 4. The molecule has 0 spiro atoms. The minimum Gasteiger partial charge on any atom is -0.488 e. The van der Waals surface area contributed by atoms with Gasteiger partial charge in [0.15, 0.2) is 11.5 Å². The van der Waals surface area contributed by atoms with E-state index < -0.39 is 0 Å². The van der Waals surface area contributed by atoms with E-state index in [0.717, 1.165) is 17.7 Å². The van der Waals surface area contributed by atoms with Crippen molar-refractivity contribution < 1.29 is 19.1 Å². The van der Waals surface area contributed by atoms with E-state index in [1.807, 2.05) is 32.0 Å². The second kappa shape index (κ2) is 5.62. The Bertz CT molecular complexity index is 837. The van der Waals surface area contributed by atoms with Crippen molar-refractivity contribution in [2.75, 3.05) is 13.2 Å². The number of amides is 2. The fraction of sp³-hybridized carbons (Fsp3) is 0.300. The third kappa shape index (κ3) is 2.65. The van der Waals surface area contributed by atoms with Crippen molar-refractivity contribution in [3.63, 3.8) is 0 Å². The lowest BCUT2D eigenvalue weighted by Gasteiger charge is -2.19. The number of benzene rings is 2. The normalized spacial score (nSPS) is 17.3. The van der Waals surface area contributed by atoms with Crippen molar-refractivity contribution >= 4 is 11.8 Å². The smallest absolute Gasteiger partial charge is 0.261 e. The van der Waals surface area contributed by atoms with E-state index in [0.29, 0.717) is 16.9 Å². The van der Waals surface area contributed by atoms with Crippen LogP contribution in [0.3, 0.4) is 0 Å². The number of para-hydroxylation sites is 1. The van der Waals surface area contributed by atoms with Gasteiger partial charge < -0.3 is 9.47 Å². The molecule has 2 aromatic carbocycles. The van der Waals surface area contributed by atoms with E-state index in [4.69, 9.17) is 9.47 Å². The van der Waals surface area contributed by atoms with Crippen LogP contribution in [-0.2, 0) is 6.42 Å². The van der Waals surface area contributed by atoms with Gasteiger partial charge in [0.05, 0.1) is 17.7 Å². The molecule has 5 nitrogen and oxygen atoms in total. The van der Waals surface area contributed by atoms with Gasteiger partial charge in [0, 0.05) is 12.0 Å². The quantitative estimate of drug-likeness (QED) is 0.805. The topological polar surface area (TPSA) is 55.8 Å². The van der Waals surface area contributed by atoms with E-state index >= 15 is 0 Å². The zero-order chi connectivity index (χ0) is 17.6. The van der Waals surface area contributed by atoms with Gasteiger partial charge in [0.2, 0.25) is 0 Å². The van der Waals surface area contributed by atoms with Crippen molar-refractivity contribution in [2.24, 2.45) is 0 Å². The summed E-state index contributed by atoms with van der Waals surface area (Å²) in [4.78, 5) is 25.9. The van der Waals surface area contributed by atoms with Crippen molar-refractivity contribution in [3.8, 4) is 11.5 Å². The van der Waals surface area contributed by atoms with Gasteiger partial charge in [-0.3, -0.25) is 14.5 Å². The minimum absolute atomic E-state index is 0.208. The molecule has 0 aliphatic carbocycles. The highest BCUT2D eigenvalue weighted by Crippen LogP contribution is 2.41. The first-order valence-electron chi connectivity index (χ1n) is 8.35. The Morgan fingerprint density at radius 1 is 1.04 bits per heavy atom. The van der Waals surface area contributed by atoms with E-state index in [2.05, 4.69) is 0 Å². The van der Waals surface area contributed by atoms with Gasteiger partial charge in [-0.05, 0) is 32.0 Å². The summed E-state index contributed by atoms with van der Waals surface area (Å²) in [5.41, 5.74) is 1.78. The zero-order valence-electron chi connectivity index (χ0n) is 14.2. The average Bonchev–Trinajstić information content (AvgIpc) is 3.03. The highest BCUT2D eigenvalue weighted by Gasteiger charge is 2.35. The number of nitrogens with zero attached hydrogens (tertiary/aromatic N) is 1. The Morgan fingerprint density at radius 3 is 2.40 bits per heavy atom. The van der Waals surface area contributed by atoms with Crippen LogP contribution in [0.15, 0.2) is 42.5 Å². The molecule has 0 atom stereocenters. The Labute approximate surface area is 146 Å². The lowest BCUT2D eigenvalue weighted by atomic mass is 10.0. The minimum atomic E-state index is -0.264. The lowest BCUT2D eigenvalue weighted by molar-refractivity contribution is 0.0630. The van der Waals surface area contributed by atoms with Crippen molar-refractivity contribution in [1.82, 2.24) is 4.90 Å². The lowest BCUT2D eigenvalue weighted by Crippen LogP contribution is -2.33. The number of rotatable bonds is 4. The van der Waals surface area contributed by atoms with Crippen LogP contribution in [0.1, 0.15) is 40.1 Å². The van der Waals surface area contributed by atoms with Crippen LogP contribution in [-0.4, -0.2) is 35.5 Å². The number of fused-ring (bicyclic) bond motifs is 2. The van der Waals surface area contributed by atoms with Gasteiger partial charge in [-0.25, -0.2) is 0 Å². The molecule has 0 unspecified atom stereocenters. The Morgan fingerprint density at radius 2 is 1.72 bits per heavy atom. The first-order chi connectivity index (χ1) is 12.0. The molecule has 0 bridgehead atoms. The first-order valence-corrected chi connectivity index (χ1v) is 8.35. The maximum Gasteiger partial charge on any atom is 0.261 e. The third-order valence-electron chi connectivity index (χ3n) is 4.51. The van der Waals surface area contributed by atoms with E-state index in [9.17, 15) is 9.59 Å². The summed E-state index contributed by atoms with van der Waals surface area (Å²) in [5.74, 6) is 0.884. The molecule has 0 aromatic heterocycles. The van der Waals surface area contributed by atoms with Gasteiger partial charge in [0.25, 0.3) is 11.8 Å². The predicted molar refractivity (Wildman–Crippen MR) is 92.2 cm³/mol. The SMILES string of the molecule is CC1(C)Cc2cccc(OCCN3C(=O)c4ccccc4C3=O)c2O1. The van der Waals surface area contributed by atoms with Gasteiger partial charge >= 0.3 is 0 Å². The Hall–Kier alpha value is -2.82. The molecule has 0 fully saturated rings. The van der Waals surface area contributed by atoms with Gasteiger partial charge in [-0.15, -0.1) is 0 Å². The van der Waals surface area contributed by atoms with Crippen LogP contribution < -0.4 is 9.47 Å². The molecular weight excluding hydrogens is 318 g/mol. The maximum atomic E-state index is 12.3. The van der Waals surface area contributed by atoms with Gasteiger partial charge in [-0.2, -0.15) is 0 Å². The number of imide groups is 1. The zero-order valence-corrected chi connectivity index (χ0v) is 14.2. The summed E-state index contributed by atoms with van der Waals surface area (Å²) in [6.45, 7) is 4.51. The highest BCUT2D eigenvalue weighted by atomic mass is 16.5. The van der Waals surface area contributed by atoms with Crippen molar-refractivity contribution in [2.45, 2.75) is 25.9 Å². The van der Waals surface area contributed by atoms with Crippen LogP contribution in [0.25, 0.3) is 0 Å². The monoisotopic (exact) mass is 337 g/mol. The van der Waals surface area contributed by atoms with Crippen LogP contribution >= 0.6 is 0 Å². The number of ether oxygens (including phenoxy) is 2. The molecule has 128 valence electrons. The largest absolute Gasteiger partial charge is 0.488 e. The summed E-state index contributed by atoms with van der Waals surface area (Å²) < 4.78 is 11.8. The van der Waals surface area contributed by atoms with Crippen molar-refractivity contribution in [3.05, 3.63) is 59.2 Å². The second-order valence-corrected chi connectivity index (χ2v) is 6.94.